The highest BCUT2D eigenvalue weighted by Gasteiger charge is 2.21. The lowest BCUT2D eigenvalue weighted by molar-refractivity contribution is -0.145. The predicted molar refractivity (Wildman–Crippen MR) is 105 cm³/mol. The van der Waals surface area contributed by atoms with E-state index in [0.717, 1.165) is 5.56 Å². The van der Waals surface area contributed by atoms with Gasteiger partial charge in [-0.05, 0) is 31.8 Å². The molecule has 0 saturated heterocycles. The maximum Gasteiger partial charge on any atom is 0.328 e. The molecule has 0 fully saturated rings. The van der Waals surface area contributed by atoms with Crippen LogP contribution in [0.15, 0.2) is 30.3 Å². The topological polar surface area (TPSA) is 84.9 Å². The number of rotatable bonds is 12. The van der Waals surface area contributed by atoms with Crippen molar-refractivity contribution in [1.29, 1.82) is 0 Å². The van der Waals surface area contributed by atoms with E-state index < -0.39 is 12.0 Å². The Bertz CT molecular complexity index is 595. The van der Waals surface area contributed by atoms with Crippen LogP contribution in [0.5, 0.6) is 0 Å². The van der Waals surface area contributed by atoms with E-state index in [1.54, 1.807) is 0 Å². The number of thioether (sulfide) groups is 1. The number of amides is 1. The highest BCUT2D eigenvalue weighted by Crippen LogP contribution is 2.09. The van der Waals surface area contributed by atoms with Crippen molar-refractivity contribution in [3.05, 3.63) is 35.9 Å². The van der Waals surface area contributed by atoms with E-state index in [9.17, 15) is 14.4 Å². The molecule has 0 bridgehead atoms. The highest BCUT2D eigenvalue weighted by molar-refractivity contribution is 7.99. The van der Waals surface area contributed by atoms with Crippen LogP contribution in [0.3, 0.4) is 0 Å². The van der Waals surface area contributed by atoms with E-state index in [4.69, 9.17) is 9.47 Å². The Hall–Kier alpha value is -2.06. The molecule has 0 aliphatic rings. The van der Waals surface area contributed by atoms with Crippen LogP contribution in [0.25, 0.3) is 0 Å². The lowest BCUT2D eigenvalue weighted by atomic mass is 10.2. The van der Waals surface area contributed by atoms with E-state index in [1.165, 1.54) is 18.9 Å². The lowest BCUT2D eigenvalue weighted by Crippen LogP contribution is -2.42. The fraction of sp³-hybridized carbons (Fsp3) is 0.526. The second-order valence-electron chi connectivity index (χ2n) is 6.18. The summed E-state index contributed by atoms with van der Waals surface area (Å²) in [6.07, 6.45) is 0.691. The number of hydrogen-bond acceptors (Lipinski definition) is 7. The molecule has 0 heterocycles. The number of esters is 2. The van der Waals surface area contributed by atoms with Crippen molar-refractivity contribution in [1.82, 2.24) is 10.2 Å². The van der Waals surface area contributed by atoms with Crippen LogP contribution in [0.2, 0.25) is 0 Å². The van der Waals surface area contributed by atoms with E-state index in [1.807, 2.05) is 49.3 Å². The molecular weight excluding hydrogens is 369 g/mol. The smallest absolute Gasteiger partial charge is 0.328 e. The van der Waals surface area contributed by atoms with Crippen LogP contribution < -0.4 is 5.32 Å². The van der Waals surface area contributed by atoms with Crippen molar-refractivity contribution < 1.29 is 23.9 Å². The monoisotopic (exact) mass is 397 g/mol. The largest absolute Gasteiger partial charge is 0.467 e. The number of nitrogens with zero attached hydrogens (tertiary/aromatic N) is 1. The highest BCUT2D eigenvalue weighted by atomic mass is 32.2. The summed E-state index contributed by atoms with van der Waals surface area (Å²) in [5.41, 5.74) is 0.932. The zero-order valence-corrected chi connectivity index (χ0v) is 16.9. The first kappa shape index (κ1) is 23.0. The average Bonchev–Trinajstić information content (AvgIpc) is 2.67. The van der Waals surface area contributed by atoms with E-state index in [-0.39, 0.29) is 24.2 Å². The Kier molecular flexibility index (Phi) is 11.2. The Morgan fingerprint density at radius 1 is 1.19 bits per heavy atom. The van der Waals surface area contributed by atoms with Gasteiger partial charge in [0.05, 0.1) is 12.9 Å². The Morgan fingerprint density at radius 2 is 1.89 bits per heavy atom. The number of benzene rings is 1. The zero-order chi connectivity index (χ0) is 20.1. The second-order valence-corrected chi connectivity index (χ2v) is 7.29. The summed E-state index contributed by atoms with van der Waals surface area (Å²) in [6, 6.07) is 8.74. The van der Waals surface area contributed by atoms with Crippen molar-refractivity contribution in [2.24, 2.45) is 0 Å². The minimum Gasteiger partial charge on any atom is -0.467 e. The second kappa shape index (κ2) is 13.2. The molecule has 1 aromatic carbocycles. The van der Waals surface area contributed by atoms with Gasteiger partial charge in [-0.1, -0.05) is 30.3 Å². The molecule has 0 aliphatic heterocycles. The molecule has 0 radical (unpaired) electrons. The summed E-state index contributed by atoms with van der Waals surface area (Å²) in [5.74, 6) is -0.288. The molecule has 1 amide bonds. The van der Waals surface area contributed by atoms with E-state index in [0.29, 0.717) is 25.1 Å². The summed E-state index contributed by atoms with van der Waals surface area (Å²) < 4.78 is 9.94. The first-order chi connectivity index (χ1) is 12.9. The standard InChI is InChI=1S/C19H28N2O5S/c1-21(2)11-9-17(22)20-16(19(24)25-3)10-12-27-14-18(23)26-13-15-7-5-4-6-8-15/h4-8,16H,9-14H2,1-3H3,(H,20,22)/t16-/m0/s1/i1+1. The van der Waals surface area contributed by atoms with Crippen molar-refractivity contribution in [3.63, 3.8) is 0 Å². The quantitative estimate of drug-likeness (QED) is 0.325. The van der Waals surface area contributed by atoms with E-state index >= 15 is 0 Å². The minimum absolute atomic E-state index is 0.190. The molecule has 0 aromatic heterocycles. The first-order valence-corrected chi connectivity index (χ1v) is 9.87. The number of carbonyl (C=O) groups is 3. The molecule has 0 saturated carbocycles. The van der Waals surface area contributed by atoms with Gasteiger partial charge >= 0.3 is 11.9 Å². The number of carbonyl (C=O) groups excluding carboxylic acids is 3. The molecule has 1 aromatic rings. The Balaban J connectivity index is 2.28. The molecule has 0 spiro atoms. The molecule has 0 unspecified atom stereocenters. The summed E-state index contributed by atoms with van der Waals surface area (Å²) in [5, 5.41) is 2.69. The number of ether oxygens (including phenoxy) is 2. The summed E-state index contributed by atoms with van der Waals surface area (Å²) in [6.45, 7) is 0.842. The molecule has 7 nitrogen and oxygen atoms in total. The number of methoxy groups -OCH3 is 1. The van der Waals surface area contributed by atoms with E-state index in [2.05, 4.69) is 5.32 Å². The SMILES string of the molecule is COC(=O)[C@H](CCSCC(=O)OCc1ccccc1)NC(=O)CCN(C)[13CH3]. The van der Waals surface area contributed by atoms with Gasteiger partial charge in [-0.3, -0.25) is 9.59 Å². The fourth-order valence-corrected chi connectivity index (χ4v) is 2.92. The van der Waals surface area contributed by atoms with Gasteiger partial charge in [0.2, 0.25) is 5.91 Å². The Labute approximate surface area is 164 Å². The molecule has 150 valence electrons. The van der Waals surface area contributed by atoms with Crippen molar-refractivity contribution in [3.8, 4) is 0 Å². The van der Waals surface area contributed by atoms with Gasteiger partial charge in [-0.2, -0.15) is 11.8 Å². The molecule has 1 rings (SSSR count). The summed E-state index contributed by atoms with van der Waals surface area (Å²) in [4.78, 5) is 37.4. The zero-order valence-electron chi connectivity index (χ0n) is 16.1. The molecular formula is C19H28N2O5S. The predicted octanol–water partition coefficient (Wildman–Crippen LogP) is 1.46. The van der Waals surface area contributed by atoms with Gasteiger partial charge in [0.25, 0.3) is 0 Å². The van der Waals surface area contributed by atoms with Crippen LogP contribution in [-0.2, 0) is 30.5 Å². The summed E-state index contributed by atoms with van der Waals surface area (Å²) >= 11 is 1.36. The maximum atomic E-state index is 11.9. The summed E-state index contributed by atoms with van der Waals surface area (Å²) in [7, 11) is 5.03. The number of nitrogens with one attached hydrogen (secondary N) is 1. The Morgan fingerprint density at radius 3 is 2.52 bits per heavy atom. The maximum absolute atomic E-state index is 11.9. The van der Waals surface area contributed by atoms with Crippen molar-refractivity contribution >= 4 is 29.6 Å². The fourth-order valence-electron chi connectivity index (χ4n) is 2.12. The van der Waals surface area contributed by atoms with Gasteiger partial charge in [-0.15, -0.1) is 0 Å². The van der Waals surface area contributed by atoms with Gasteiger partial charge in [0, 0.05) is 13.0 Å². The van der Waals surface area contributed by atoms with Crippen molar-refractivity contribution in [2.75, 3.05) is 39.3 Å². The van der Waals surface area contributed by atoms with Crippen LogP contribution >= 0.6 is 11.8 Å². The van der Waals surface area contributed by atoms with Crippen LogP contribution in [0.4, 0.5) is 0 Å². The van der Waals surface area contributed by atoms with Gasteiger partial charge in [-0.25, -0.2) is 4.79 Å². The van der Waals surface area contributed by atoms with Crippen LogP contribution in [0, 0.1) is 0 Å². The van der Waals surface area contributed by atoms with Gasteiger partial charge < -0.3 is 19.7 Å². The third kappa shape index (κ3) is 10.6. The molecule has 0 aliphatic carbocycles. The minimum atomic E-state index is -0.711. The molecule has 1 atom stereocenters. The third-order valence-electron chi connectivity index (χ3n) is 3.62. The van der Waals surface area contributed by atoms with Crippen LogP contribution in [-0.4, -0.2) is 68.0 Å². The number of hydrogen-bond donors (Lipinski definition) is 1. The molecule has 8 heteroatoms. The molecule has 1 N–H and O–H groups in total. The third-order valence-corrected chi connectivity index (χ3v) is 4.58. The normalized spacial score (nSPS) is 11.7. The van der Waals surface area contributed by atoms with Gasteiger partial charge in [0.15, 0.2) is 0 Å². The van der Waals surface area contributed by atoms with Crippen LogP contribution in [0.1, 0.15) is 18.4 Å². The lowest BCUT2D eigenvalue weighted by Gasteiger charge is -2.17. The average molecular weight is 398 g/mol. The first-order valence-electron chi connectivity index (χ1n) is 8.71. The van der Waals surface area contributed by atoms with Crippen molar-refractivity contribution in [2.45, 2.75) is 25.5 Å². The molecule has 27 heavy (non-hydrogen) atoms. The van der Waals surface area contributed by atoms with Gasteiger partial charge in [0.1, 0.15) is 12.6 Å².